The van der Waals surface area contributed by atoms with Gasteiger partial charge >= 0.3 is 0 Å². The number of amides is 2. The summed E-state index contributed by atoms with van der Waals surface area (Å²) in [5, 5.41) is 2.85. The van der Waals surface area contributed by atoms with Crippen LogP contribution in [0.1, 0.15) is 25.0 Å². The molecule has 1 N–H and O–H groups in total. The highest BCUT2D eigenvalue weighted by Gasteiger charge is 2.20. The first-order chi connectivity index (χ1) is 13.8. The van der Waals surface area contributed by atoms with Gasteiger partial charge in [-0.2, -0.15) is 0 Å². The minimum Gasteiger partial charge on any atom is -0.325 e. The molecule has 7 nitrogen and oxygen atoms in total. The van der Waals surface area contributed by atoms with E-state index in [-0.39, 0.29) is 24.2 Å². The summed E-state index contributed by atoms with van der Waals surface area (Å²) in [5.74, 6) is -0.582. The van der Waals surface area contributed by atoms with Crippen LogP contribution in [0.25, 0.3) is 11.0 Å². The predicted molar refractivity (Wildman–Crippen MR) is 114 cm³/mol. The number of carbonyl (C=O) groups excluding carboxylic acids is 2. The number of fused-ring (bicyclic) bond motifs is 1. The Hall–Kier alpha value is -3.48. The molecule has 3 aromatic rings. The molecule has 0 radical (unpaired) electrons. The molecule has 0 unspecified atom stereocenters. The van der Waals surface area contributed by atoms with Crippen LogP contribution in [0.5, 0.6) is 0 Å². The van der Waals surface area contributed by atoms with Crippen LogP contribution in [-0.2, 0) is 16.1 Å². The Balaban J connectivity index is 2.03. The number of anilines is 2. The molecule has 2 aromatic carbocycles. The standard InChI is InChI=1S/C22H24N4O3/c1-5-25(16(4)27)21-22(29)26(19-9-7-6-8-18(19)24-21)13-20(28)23-17-11-14(2)10-15(3)12-17/h6-12H,5,13H2,1-4H3,(H,23,28). The van der Waals surface area contributed by atoms with E-state index < -0.39 is 5.56 Å². The number of benzene rings is 2. The summed E-state index contributed by atoms with van der Waals surface area (Å²) in [6.07, 6.45) is 0. The quantitative estimate of drug-likeness (QED) is 0.723. The average Bonchev–Trinajstić information content (AvgIpc) is 2.64. The summed E-state index contributed by atoms with van der Waals surface area (Å²) in [6.45, 7) is 7.20. The van der Waals surface area contributed by atoms with Crippen molar-refractivity contribution in [2.45, 2.75) is 34.2 Å². The van der Waals surface area contributed by atoms with Crippen molar-refractivity contribution in [1.82, 2.24) is 9.55 Å². The van der Waals surface area contributed by atoms with Gasteiger partial charge in [0.05, 0.1) is 11.0 Å². The minimum absolute atomic E-state index is 0.0258. The maximum Gasteiger partial charge on any atom is 0.294 e. The topological polar surface area (TPSA) is 84.3 Å². The molecular formula is C22H24N4O3. The molecule has 1 aromatic heterocycles. The molecular weight excluding hydrogens is 368 g/mol. The molecule has 0 bridgehead atoms. The molecule has 0 aliphatic rings. The summed E-state index contributed by atoms with van der Waals surface area (Å²) in [5.41, 5.74) is 3.36. The third-order valence-corrected chi connectivity index (χ3v) is 4.59. The number of aromatic nitrogens is 2. The Morgan fingerprint density at radius 3 is 2.38 bits per heavy atom. The smallest absolute Gasteiger partial charge is 0.294 e. The summed E-state index contributed by atoms with van der Waals surface area (Å²) in [4.78, 5) is 43.5. The van der Waals surface area contributed by atoms with E-state index in [4.69, 9.17) is 0 Å². The van der Waals surface area contributed by atoms with Crippen LogP contribution < -0.4 is 15.8 Å². The summed E-state index contributed by atoms with van der Waals surface area (Å²) >= 11 is 0. The van der Waals surface area contributed by atoms with Gasteiger partial charge in [-0.25, -0.2) is 4.98 Å². The van der Waals surface area contributed by atoms with E-state index in [1.54, 1.807) is 31.2 Å². The zero-order valence-corrected chi connectivity index (χ0v) is 17.0. The molecule has 150 valence electrons. The number of rotatable bonds is 5. The lowest BCUT2D eigenvalue weighted by Gasteiger charge is -2.19. The van der Waals surface area contributed by atoms with Crippen LogP contribution >= 0.6 is 0 Å². The number of hydrogen-bond donors (Lipinski definition) is 1. The van der Waals surface area contributed by atoms with Crippen LogP contribution in [0.15, 0.2) is 47.3 Å². The van der Waals surface area contributed by atoms with Gasteiger partial charge in [-0.15, -0.1) is 0 Å². The molecule has 0 aliphatic heterocycles. The Morgan fingerprint density at radius 2 is 1.76 bits per heavy atom. The zero-order valence-electron chi connectivity index (χ0n) is 17.0. The fraction of sp³-hybridized carbons (Fsp3) is 0.273. The molecule has 0 saturated carbocycles. The van der Waals surface area contributed by atoms with Gasteiger partial charge in [-0.05, 0) is 56.2 Å². The van der Waals surface area contributed by atoms with Gasteiger partial charge < -0.3 is 5.32 Å². The predicted octanol–water partition coefficient (Wildman–Crippen LogP) is 3.02. The summed E-state index contributed by atoms with van der Waals surface area (Å²) in [6, 6.07) is 12.8. The van der Waals surface area contributed by atoms with E-state index in [1.165, 1.54) is 16.4 Å². The van der Waals surface area contributed by atoms with Crippen LogP contribution in [0, 0.1) is 13.8 Å². The third-order valence-electron chi connectivity index (χ3n) is 4.59. The first kappa shape index (κ1) is 20.3. The second-order valence-corrected chi connectivity index (χ2v) is 7.00. The molecule has 3 rings (SSSR count). The largest absolute Gasteiger partial charge is 0.325 e. The Bertz CT molecular complexity index is 1130. The number of nitrogens with zero attached hydrogens (tertiary/aromatic N) is 3. The first-order valence-corrected chi connectivity index (χ1v) is 9.46. The van der Waals surface area contributed by atoms with Gasteiger partial charge in [0.2, 0.25) is 17.6 Å². The van der Waals surface area contributed by atoms with E-state index >= 15 is 0 Å². The van der Waals surface area contributed by atoms with E-state index in [0.717, 1.165) is 11.1 Å². The lowest BCUT2D eigenvalue weighted by atomic mass is 10.1. The van der Waals surface area contributed by atoms with Gasteiger partial charge in [0.25, 0.3) is 5.56 Å². The monoisotopic (exact) mass is 392 g/mol. The second-order valence-electron chi connectivity index (χ2n) is 7.00. The van der Waals surface area contributed by atoms with Gasteiger partial charge in [-0.1, -0.05) is 18.2 Å². The Kier molecular flexibility index (Phi) is 5.77. The van der Waals surface area contributed by atoms with Crippen LogP contribution in [-0.4, -0.2) is 27.9 Å². The Morgan fingerprint density at radius 1 is 1.10 bits per heavy atom. The number of aryl methyl sites for hydroxylation is 2. The van der Waals surface area contributed by atoms with Crippen molar-refractivity contribution < 1.29 is 9.59 Å². The van der Waals surface area contributed by atoms with Crippen molar-refractivity contribution in [3.05, 3.63) is 63.9 Å². The van der Waals surface area contributed by atoms with E-state index in [1.807, 2.05) is 32.0 Å². The van der Waals surface area contributed by atoms with Crippen molar-refractivity contribution in [3.63, 3.8) is 0 Å². The van der Waals surface area contributed by atoms with Crippen molar-refractivity contribution >= 4 is 34.4 Å². The Labute approximate surface area is 169 Å². The first-order valence-electron chi connectivity index (χ1n) is 9.46. The number of para-hydroxylation sites is 2. The molecule has 0 saturated heterocycles. The summed E-state index contributed by atoms with van der Waals surface area (Å²) < 4.78 is 1.36. The fourth-order valence-corrected chi connectivity index (χ4v) is 3.42. The van der Waals surface area contributed by atoms with E-state index in [9.17, 15) is 14.4 Å². The van der Waals surface area contributed by atoms with Crippen molar-refractivity contribution in [2.75, 3.05) is 16.8 Å². The van der Waals surface area contributed by atoms with Gasteiger partial charge in [0.1, 0.15) is 6.54 Å². The van der Waals surface area contributed by atoms with Crippen LogP contribution in [0.2, 0.25) is 0 Å². The molecule has 0 fully saturated rings. The second kappa shape index (κ2) is 8.26. The van der Waals surface area contributed by atoms with Crippen LogP contribution in [0.3, 0.4) is 0 Å². The summed E-state index contributed by atoms with van der Waals surface area (Å²) in [7, 11) is 0. The third kappa shape index (κ3) is 4.34. The molecule has 0 atom stereocenters. The average molecular weight is 392 g/mol. The van der Waals surface area contributed by atoms with Gasteiger partial charge in [-0.3, -0.25) is 23.9 Å². The molecule has 0 aliphatic carbocycles. The fourth-order valence-electron chi connectivity index (χ4n) is 3.42. The minimum atomic E-state index is -0.476. The maximum atomic E-state index is 13.1. The van der Waals surface area contributed by atoms with Gasteiger partial charge in [0.15, 0.2) is 0 Å². The van der Waals surface area contributed by atoms with Crippen molar-refractivity contribution in [3.8, 4) is 0 Å². The number of nitrogens with one attached hydrogen (secondary N) is 1. The van der Waals surface area contributed by atoms with Crippen molar-refractivity contribution in [2.24, 2.45) is 0 Å². The number of hydrogen-bond acceptors (Lipinski definition) is 4. The normalized spacial score (nSPS) is 10.8. The zero-order chi connectivity index (χ0) is 21.1. The lowest BCUT2D eigenvalue weighted by molar-refractivity contribution is -0.117. The highest BCUT2D eigenvalue weighted by molar-refractivity contribution is 5.93. The molecule has 2 amide bonds. The maximum absolute atomic E-state index is 13.1. The molecule has 1 heterocycles. The lowest BCUT2D eigenvalue weighted by Crippen LogP contribution is -2.38. The van der Waals surface area contributed by atoms with Crippen LogP contribution in [0.4, 0.5) is 11.5 Å². The van der Waals surface area contributed by atoms with E-state index in [2.05, 4.69) is 10.3 Å². The molecule has 0 spiro atoms. The molecule has 29 heavy (non-hydrogen) atoms. The van der Waals surface area contributed by atoms with Gasteiger partial charge in [0, 0.05) is 19.2 Å². The SMILES string of the molecule is CCN(C(C)=O)c1nc2ccccc2n(CC(=O)Nc2cc(C)cc(C)c2)c1=O. The number of carbonyl (C=O) groups is 2. The van der Waals surface area contributed by atoms with Crippen molar-refractivity contribution in [1.29, 1.82) is 0 Å². The molecule has 7 heteroatoms. The van der Waals surface area contributed by atoms with E-state index in [0.29, 0.717) is 23.3 Å². The highest BCUT2D eigenvalue weighted by atomic mass is 16.2. The highest BCUT2D eigenvalue weighted by Crippen LogP contribution is 2.16.